The van der Waals surface area contributed by atoms with E-state index in [1.54, 1.807) is 42.5 Å². The predicted molar refractivity (Wildman–Crippen MR) is 78.2 cm³/mol. The number of aromatic carboxylic acids is 1. The SMILES string of the molecule is COC(C(=O)Nc1ccccc1C(=O)O)c1ccccc1. The summed E-state index contributed by atoms with van der Waals surface area (Å²) >= 11 is 0. The fraction of sp³-hybridized carbons (Fsp3) is 0.125. The Kier molecular flexibility index (Phi) is 4.68. The highest BCUT2D eigenvalue weighted by atomic mass is 16.5. The first kappa shape index (κ1) is 14.7. The number of para-hydroxylation sites is 1. The predicted octanol–water partition coefficient (Wildman–Crippen LogP) is 2.71. The lowest BCUT2D eigenvalue weighted by Gasteiger charge is -2.16. The molecule has 0 bridgehead atoms. The molecule has 0 spiro atoms. The van der Waals surface area contributed by atoms with Crippen molar-refractivity contribution in [3.63, 3.8) is 0 Å². The molecule has 1 atom stereocenters. The molecule has 108 valence electrons. The lowest BCUT2D eigenvalue weighted by molar-refractivity contribution is -0.126. The van der Waals surface area contributed by atoms with Crippen LogP contribution in [0.15, 0.2) is 54.6 Å². The van der Waals surface area contributed by atoms with Gasteiger partial charge in [0.15, 0.2) is 6.10 Å². The Hall–Kier alpha value is -2.66. The molecular weight excluding hydrogens is 270 g/mol. The van der Waals surface area contributed by atoms with Crippen LogP contribution in [0.5, 0.6) is 0 Å². The first-order chi connectivity index (χ1) is 10.1. The Morgan fingerprint density at radius 3 is 2.29 bits per heavy atom. The third-order valence-electron chi connectivity index (χ3n) is 2.99. The number of carboxylic acids is 1. The number of anilines is 1. The molecular formula is C16H15NO4. The molecule has 0 radical (unpaired) electrons. The summed E-state index contributed by atoms with van der Waals surface area (Å²) in [7, 11) is 1.43. The van der Waals surface area contributed by atoms with Crippen molar-refractivity contribution in [3.05, 3.63) is 65.7 Å². The van der Waals surface area contributed by atoms with E-state index in [9.17, 15) is 9.59 Å². The van der Waals surface area contributed by atoms with E-state index in [1.165, 1.54) is 13.2 Å². The molecule has 2 N–H and O–H groups in total. The third-order valence-corrected chi connectivity index (χ3v) is 2.99. The normalized spacial score (nSPS) is 11.7. The summed E-state index contributed by atoms with van der Waals surface area (Å²) < 4.78 is 5.21. The Bertz CT molecular complexity index is 640. The number of nitrogens with one attached hydrogen (secondary N) is 1. The topological polar surface area (TPSA) is 75.6 Å². The van der Waals surface area contributed by atoms with Gasteiger partial charge in [0.2, 0.25) is 0 Å². The number of benzene rings is 2. The summed E-state index contributed by atoms with van der Waals surface area (Å²) in [6.07, 6.45) is -0.798. The van der Waals surface area contributed by atoms with Crippen molar-refractivity contribution in [2.75, 3.05) is 12.4 Å². The van der Waals surface area contributed by atoms with Crippen molar-refractivity contribution >= 4 is 17.6 Å². The van der Waals surface area contributed by atoms with Gasteiger partial charge in [0.05, 0.1) is 11.3 Å². The Morgan fingerprint density at radius 1 is 1.05 bits per heavy atom. The number of carboxylic acid groups (broad SMARTS) is 1. The molecule has 0 saturated carbocycles. The van der Waals surface area contributed by atoms with Gasteiger partial charge in [-0.2, -0.15) is 0 Å². The maximum Gasteiger partial charge on any atom is 0.337 e. The first-order valence-electron chi connectivity index (χ1n) is 6.34. The second-order valence-electron chi connectivity index (χ2n) is 4.37. The van der Waals surface area contributed by atoms with Crippen LogP contribution in [-0.4, -0.2) is 24.1 Å². The fourth-order valence-corrected chi connectivity index (χ4v) is 2.00. The number of hydrogen-bond acceptors (Lipinski definition) is 3. The van der Waals surface area contributed by atoms with E-state index in [4.69, 9.17) is 9.84 Å². The molecule has 2 aromatic carbocycles. The zero-order valence-corrected chi connectivity index (χ0v) is 11.4. The maximum absolute atomic E-state index is 12.3. The molecule has 1 unspecified atom stereocenters. The van der Waals surface area contributed by atoms with Gasteiger partial charge in [-0.15, -0.1) is 0 Å². The molecule has 2 rings (SSSR count). The highest BCUT2D eigenvalue weighted by molar-refractivity contribution is 6.02. The van der Waals surface area contributed by atoms with E-state index in [0.717, 1.165) is 0 Å². The molecule has 0 fully saturated rings. The highest BCUT2D eigenvalue weighted by Gasteiger charge is 2.21. The van der Waals surface area contributed by atoms with Crippen LogP contribution < -0.4 is 5.32 Å². The number of carbonyl (C=O) groups is 2. The van der Waals surface area contributed by atoms with E-state index >= 15 is 0 Å². The first-order valence-corrected chi connectivity index (χ1v) is 6.34. The van der Waals surface area contributed by atoms with Crippen LogP contribution in [0.1, 0.15) is 22.0 Å². The van der Waals surface area contributed by atoms with Crippen molar-refractivity contribution in [2.24, 2.45) is 0 Å². The number of hydrogen-bond donors (Lipinski definition) is 2. The van der Waals surface area contributed by atoms with Gasteiger partial charge in [0, 0.05) is 7.11 Å². The van der Waals surface area contributed by atoms with E-state index in [-0.39, 0.29) is 11.3 Å². The summed E-state index contributed by atoms with van der Waals surface area (Å²) in [5, 5.41) is 11.7. The quantitative estimate of drug-likeness (QED) is 0.885. The lowest BCUT2D eigenvalue weighted by Crippen LogP contribution is -2.23. The maximum atomic E-state index is 12.3. The standard InChI is InChI=1S/C16H15NO4/c1-21-14(11-7-3-2-4-8-11)15(18)17-13-10-6-5-9-12(13)16(19)20/h2-10,14H,1H3,(H,17,18)(H,19,20). The van der Waals surface area contributed by atoms with Gasteiger partial charge in [-0.1, -0.05) is 42.5 Å². The van der Waals surface area contributed by atoms with Crippen molar-refractivity contribution in [1.82, 2.24) is 0 Å². The Labute approximate surface area is 122 Å². The van der Waals surface area contributed by atoms with Crippen LogP contribution >= 0.6 is 0 Å². The van der Waals surface area contributed by atoms with Gasteiger partial charge in [0.25, 0.3) is 5.91 Å². The lowest BCUT2D eigenvalue weighted by atomic mass is 10.1. The number of amides is 1. The van der Waals surface area contributed by atoms with Crippen molar-refractivity contribution in [1.29, 1.82) is 0 Å². The smallest absolute Gasteiger partial charge is 0.337 e. The molecule has 0 aliphatic carbocycles. The molecule has 0 saturated heterocycles. The van der Waals surface area contributed by atoms with Gasteiger partial charge >= 0.3 is 5.97 Å². The second-order valence-corrected chi connectivity index (χ2v) is 4.37. The molecule has 21 heavy (non-hydrogen) atoms. The third kappa shape index (κ3) is 3.46. The molecule has 0 aliphatic heterocycles. The average molecular weight is 285 g/mol. The van der Waals surface area contributed by atoms with E-state index < -0.39 is 18.0 Å². The molecule has 1 amide bonds. The summed E-state index contributed by atoms with van der Waals surface area (Å²) in [5.74, 6) is -1.52. The number of ether oxygens (including phenoxy) is 1. The number of rotatable bonds is 5. The zero-order valence-electron chi connectivity index (χ0n) is 11.4. The van der Waals surface area contributed by atoms with Crippen LogP contribution in [0.3, 0.4) is 0 Å². The van der Waals surface area contributed by atoms with Gasteiger partial charge in [0.1, 0.15) is 0 Å². The van der Waals surface area contributed by atoms with E-state index in [2.05, 4.69) is 5.32 Å². The monoisotopic (exact) mass is 285 g/mol. The second kappa shape index (κ2) is 6.67. The van der Waals surface area contributed by atoms with Gasteiger partial charge < -0.3 is 15.2 Å². The summed E-state index contributed by atoms with van der Waals surface area (Å²) in [6.45, 7) is 0. The van der Waals surface area contributed by atoms with E-state index in [1.807, 2.05) is 6.07 Å². The van der Waals surface area contributed by atoms with Crippen LogP contribution in [0.2, 0.25) is 0 Å². The molecule has 0 aromatic heterocycles. The largest absolute Gasteiger partial charge is 0.478 e. The Balaban J connectivity index is 2.23. The van der Waals surface area contributed by atoms with Crippen molar-refractivity contribution in [2.45, 2.75) is 6.10 Å². The summed E-state index contributed by atoms with van der Waals surface area (Å²) in [6, 6.07) is 15.2. The van der Waals surface area contributed by atoms with E-state index in [0.29, 0.717) is 5.56 Å². The van der Waals surface area contributed by atoms with Gasteiger partial charge in [-0.3, -0.25) is 4.79 Å². The van der Waals surface area contributed by atoms with Gasteiger partial charge in [-0.05, 0) is 17.7 Å². The van der Waals surface area contributed by atoms with Crippen LogP contribution in [-0.2, 0) is 9.53 Å². The molecule has 5 heteroatoms. The van der Waals surface area contributed by atoms with Crippen LogP contribution in [0.4, 0.5) is 5.69 Å². The highest BCUT2D eigenvalue weighted by Crippen LogP contribution is 2.21. The van der Waals surface area contributed by atoms with Gasteiger partial charge in [-0.25, -0.2) is 4.79 Å². The average Bonchev–Trinajstić information content (AvgIpc) is 2.49. The Morgan fingerprint density at radius 2 is 1.67 bits per heavy atom. The molecule has 0 aliphatic rings. The molecule has 0 heterocycles. The summed E-state index contributed by atoms with van der Waals surface area (Å²) in [5.41, 5.74) is 0.979. The molecule has 5 nitrogen and oxygen atoms in total. The van der Waals surface area contributed by atoms with Crippen molar-refractivity contribution < 1.29 is 19.4 Å². The zero-order chi connectivity index (χ0) is 15.2. The van der Waals surface area contributed by atoms with Crippen LogP contribution in [0.25, 0.3) is 0 Å². The molecule has 2 aromatic rings. The number of methoxy groups -OCH3 is 1. The fourth-order valence-electron chi connectivity index (χ4n) is 2.00. The minimum absolute atomic E-state index is 0.0359. The summed E-state index contributed by atoms with van der Waals surface area (Å²) in [4.78, 5) is 23.4. The van der Waals surface area contributed by atoms with Crippen molar-refractivity contribution in [3.8, 4) is 0 Å². The number of carbonyl (C=O) groups excluding carboxylic acids is 1. The minimum Gasteiger partial charge on any atom is -0.478 e. The minimum atomic E-state index is -1.10. The van der Waals surface area contributed by atoms with Crippen LogP contribution in [0, 0.1) is 0 Å².